The maximum Gasteiger partial charge on any atom is 0.289 e. The van der Waals surface area contributed by atoms with Crippen LogP contribution in [0.2, 0.25) is 0 Å². The number of rotatable bonds is 6. The summed E-state index contributed by atoms with van der Waals surface area (Å²) < 4.78 is 5.81. The lowest BCUT2D eigenvalue weighted by Gasteiger charge is -2.29. The van der Waals surface area contributed by atoms with E-state index in [1.54, 1.807) is 22.3 Å². The molecule has 2 aromatic heterocycles. The predicted molar refractivity (Wildman–Crippen MR) is 99.9 cm³/mol. The summed E-state index contributed by atoms with van der Waals surface area (Å²) in [5.41, 5.74) is 2.91. The second-order valence-corrected chi connectivity index (χ2v) is 8.00. The molecule has 1 fully saturated rings. The van der Waals surface area contributed by atoms with Crippen molar-refractivity contribution in [1.82, 2.24) is 14.8 Å². The average Bonchev–Trinajstić information content (AvgIpc) is 3.23. The van der Waals surface area contributed by atoms with Crippen LogP contribution in [0.4, 0.5) is 0 Å². The van der Waals surface area contributed by atoms with Gasteiger partial charge in [0.1, 0.15) is 5.76 Å². The predicted octanol–water partition coefficient (Wildman–Crippen LogP) is 3.59. The van der Waals surface area contributed by atoms with Crippen LogP contribution in [-0.4, -0.2) is 47.4 Å². The van der Waals surface area contributed by atoms with E-state index in [0.29, 0.717) is 12.3 Å². The van der Waals surface area contributed by atoms with E-state index in [0.717, 1.165) is 43.4 Å². The summed E-state index contributed by atoms with van der Waals surface area (Å²) in [6.07, 6.45) is 3.32. The summed E-state index contributed by atoms with van der Waals surface area (Å²) in [5, 5.41) is 0. The number of hydrogen-bond acceptors (Lipinski definition) is 5. The molecule has 0 radical (unpaired) electrons. The number of aromatic nitrogens is 1. The van der Waals surface area contributed by atoms with Gasteiger partial charge in [0.05, 0.1) is 17.7 Å². The zero-order valence-corrected chi connectivity index (χ0v) is 16.1. The SMILES string of the molecule is Cc1ncsc1CCN(C)C(=O)c1ccc(CN2CCC(C)CC2)o1. The highest BCUT2D eigenvalue weighted by Gasteiger charge is 2.20. The first-order valence-electron chi connectivity index (χ1n) is 8.98. The minimum absolute atomic E-state index is 0.0549. The average molecular weight is 362 g/mol. The Morgan fingerprint density at radius 3 is 2.84 bits per heavy atom. The molecular formula is C19H27N3O2S. The molecule has 0 aliphatic carbocycles. The van der Waals surface area contributed by atoms with Crippen LogP contribution < -0.4 is 0 Å². The number of piperidine rings is 1. The second kappa shape index (κ2) is 8.15. The van der Waals surface area contributed by atoms with Crippen molar-refractivity contribution in [3.05, 3.63) is 39.7 Å². The van der Waals surface area contributed by atoms with Crippen molar-refractivity contribution in [2.24, 2.45) is 5.92 Å². The highest BCUT2D eigenvalue weighted by atomic mass is 32.1. The Labute approximate surface area is 153 Å². The van der Waals surface area contributed by atoms with Crippen LogP contribution in [-0.2, 0) is 13.0 Å². The van der Waals surface area contributed by atoms with Gasteiger partial charge in [-0.1, -0.05) is 6.92 Å². The number of likely N-dealkylation sites (tertiary alicyclic amines) is 1. The third-order valence-corrected chi connectivity index (χ3v) is 5.99. The van der Waals surface area contributed by atoms with Crippen molar-refractivity contribution in [2.75, 3.05) is 26.7 Å². The number of thiazole rings is 1. The molecule has 1 saturated heterocycles. The van der Waals surface area contributed by atoms with Crippen molar-refractivity contribution in [2.45, 2.75) is 39.7 Å². The maximum absolute atomic E-state index is 12.5. The quantitative estimate of drug-likeness (QED) is 0.789. The van der Waals surface area contributed by atoms with Crippen LogP contribution >= 0.6 is 11.3 Å². The first-order chi connectivity index (χ1) is 12.0. The van der Waals surface area contributed by atoms with Gasteiger partial charge in [0.25, 0.3) is 5.91 Å². The van der Waals surface area contributed by atoms with Gasteiger partial charge in [-0.15, -0.1) is 11.3 Å². The van der Waals surface area contributed by atoms with Crippen molar-refractivity contribution in [1.29, 1.82) is 0 Å². The Bertz CT molecular complexity index is 701. The molecule has 1 aliphatic rings. The van der Waals surface area contributed by atoms with E-state index >= 15 is 0 Å². The number of furan rings is 1. The van der Waals surface area contributed by atoms with Crippen molar-refractivity contribution < 1.29 is 9.21 Å². The summed E-state index contributed by atoms with van der Waals surface area (Å²) >= 11 is 1.64. The van der Waals surface area contributed by atoms with Crippen LogP contribution in [0.1, 0.15) is 46.7 Å². The number of hydrogen-bond donors (Lipinski definition) is 0. The lowest BCUT2D eigenvalue weighted by atomic mass is 9.99. The molecule has 0 atom stereocenters. The fourth-order valence-electron chi connectivity index (χ4n) is 3.14. The van der Waals surface area contributed by atoms with Crippen molar-refractivity contribution in [3.8, 4) is 0 Å². The molecule has 2 aromatic rings. The van der Waals surface area contributed by atoms with Gasteiger partial charge in [0, 0.05) is 24.9 Å². The van der Waals surface area contributed by atoms with Crippen LogP contribution in [0, 0.1) is 12.8 Å². The van der Waals surface area contributed by atoms with E-state index in [9.17, 15) is 4.79 Å². The Morgan fingerprint density at radius 1 is 1.40 bits per heavy atom. The molecule has 0 aromatic carbocycles. The molecule has 1 aliphatic heterocycles. The number of likely N-dealkylation sites (N-methyl/N-ethyl adjacent to an activating group) is 1. The molecule has 1 amide bonds. The van der Waals surface area contributed by atoms with E-state index in [1.165, 1.54) is 17.7 Å². The molecule has 3 rings (SSSR count). The smallest absolute Gasteiger partial charge is 0.289 e. The zero-order valence-electron chi connectivity index (χ0n) is 15.3. The van der Waals surface area contributed by atoms with E-state index in [4.69, 9.17) is 4.42 Å². The minimum atomic E-state index is -0.0549. The van der Waals surface area contributed by atoms with Gasteiger partial charge in [0.2, 0.25) is 0 Å². The van der Waals surface area contributed by atoms with Crippen LogP contribution in [0.3, 0.4) is 0 Å². The number of carbonyl (C=O) groups excluding carboxylic acids is 1. The van der Waals surface area contributed by atoms with E-state index < -0.39 is 0 Å². The van der Waals surface area contributed by atoms with Gasteiger partial charge in [-0.05, 0) is 50.9 Å². The highest BCUT2D eigenvalue weighted by molar-refractivity contribution is 7.09. The van der Waals surface area contributed by atoms with E-state index in [1.807, 2.05) is 25.5 Å². The van der Waals surface area contributed by atoms with Gasteiger partial charge in [0.15, 0.2) is 5.76 Å². The Hall–Kier alpha value is -1.66. The number of aryl methyl sites for hydroxylation is 1. The van der Waals surface area contributed by atoms with Gasteiger partial charge in [-0.3, -0.25) is 9.69 Å². The van der Waals surface area contributed by atoms with E-state index in [2.05, 4.69) is 16.8 Å². The highest BCUT2D eigenvalue weighted by Crippen LogP contribution is 2.20. The third-order valence-electron chi connectivity index (χ3n) is 4.99. The molecular weight excluding hydrogens is 334 g/mol. The molecule has 5 nitrogen and oxygen atoms in total. The third kappa shape index (κ3) is 4.70. The van der Waals surface area contributed by atoms with E-state index in [-0.39, 0.29) is 5.91 Å². The Balaban J connectivity index is 1.52. The Morgan fingerprint density at radius 2 is 2.16 bits per heavy atom. The molecule has 0 unspecified atom stereocenters. The Kier molecular flexibility index (Phi) is 5.91. The fraction of sp³-hybridized carbons (Fsp3) is 0.579. The summed E-state index contributed by atoms with van der Waals surface area (Å²) in [4.78, 5) is 22.2. The summed E-state index contributed by atoms with van der Waals surface area (Å²) in [7, 11) is 1.83. The van der Waals surface area contributed by atoms with Gasteiger partial charge in [-0.2, -0.15) is 0 Å². The molecule has 0 N–H and O–H groups in total. The molecule has 0 spiro atoms. The van der Waals surface area contributed by atoms with Crippen LogP contribution in [0.15, 0.2) is 22.1 Å². The first kappa shape index (κ1) is 18.1. The number of amides is 1. The number of nitrogens with zero attached hydrogens (tertiary/aromatic N) is 3. The molecule has 3 heterocycles. The molecule has 0 bridgehead atoms. The maximum atomic E-state index is 12.5. The summed E-state index contributed by atoms with van der Waals surface area (Å²) in [6.45, 7) is 8.00. The van der Waals surface area contributed by atoms with Crippen molar-refractivity contribution in [3.63, 3.8) is 0 Å². The molecule has 25 heavy (non-hydrogen) atoms. The topological polar surface area (TPSA) is 49.6 Å². The normalized spacial score (nSPS) is 16.3. The van der Waals surface area contributed by atoms with Crippen LogP contribution in [0.25, 0.3) is 0 Å². The lowest BCUT2D eigenvalue weighted by Crippen LogP contribution is -2.32. The lowest BCUT2D eigenvalue weighted by molar-refractivity contribution is 0.0760. The molecule has 136 valence electrons. The second-order valence-electron chi connectivity index (χ2n) is 7.06. The van der Waals surface area contributed by atoms with Crippen LogP contribution in [0.5, 0.6) is 0 Å². The minimum Gasteiger partial charge on any atom is -0.455 e. The fourth-order valence-corrected chi connectivity index (χ4v) is 3.91. The van der Waals surface area contributed by atoms with Crippen molar-refractivity contribution >= 4 is 17.2 Å². The van der Waals surface area contributed by atoms with Gasteiger partial charge < -0.3 is 9.32 Å². The largest absolute Gasteiger partial charge is 0.455 e. The van der Waals surface area contributed by atoms with Gasteiger partial charge in [-0.25, -0.2) is 4.98 Å². The first-order valence-corrected chi connectivity index (χ1v) is 9.86. The number of carbonyl (C=O) groups is 1. The standard InChI is InChI=1S/C19H27N3O2S/c1-14-6-10-22(11-7-14)12-16-4-5-17(24-16)19(23)21(3)9-8-18-15(2)20-13-25-18/h4-5,13-14H,6-12H2,1-3H3. The summed E-state index contributed by atoms with van der Waals surface area (Å²) in [6, 6.07) is 3.74. The molecule has 0 saturated carbocycles. The van der Waals surface area contributed by atoms with Gasteiger partial charge >= 0.3 is 0 Å². The summed E-state index contributed by atoms with van der Waals surface area (Å²) in [5.74, 6) is 2.08. The monoisotopic (exact) mass is 361 g/mol. The molecule has 6 heteroatoms. The zero-order chi connectivity index (χ0) is 17.8.